The Labute approximate surface area is 121 Å². The van der Waals surface area contributed by atoms with Gasteiger partial charge in [0.2, 0.25) is 0 Å². The Morgan fingerprint density at radius 2 is 2.10 bits per heavy atom. The Bertz CT molecular complexity index is 441. The van der Waals surface area contributed by atoms with Gasteiger partial charge < -0.3 is 10.2 Å². The van der Waals surface area contributed by atoms with Crippen LogP contribution in [0.3, 0.4) is 0 Å². The van der Waals surface area contributed by atoms with E-state index in [-0.39, 0.29) is 0 Å². The van der Waals surface area contributed by atoms with Gasteiger partial charge in [0, 0.05) is 18.8 Å². The fourth-order valence-corrected chi connectivity index (χ4v) is 3.06. The van der Waals surface area contributed by atoms with Crippen LogP contribution in [0.1, 0.15) is 37.7 Å². The van der Waals surface area contributed by atoms with E-state index in [1.165, 1.54) is 32.1 Å². The molecule has 2 rings (SSSR count). The fraction of sp³-hybridized carbons (Fsp3) is 0.625. The van der Waals surface area contributed by atoms with Crippen molar-refractivity contribution < 1.29 is 0 Å². The van der Waals surface area contributed by atoms with E-state index in [0.717, 1.165) is 18.3 Å². The molecule has 1 aromatic rings. The minimum Gasteiger partial charge on any atom is -0.368 e. The number of pyridine rings is 1. The van der Waals surface area contributed by atoms with Gasteiger partial charge in [-0.05, 0) is 45.0 Å². The Morgan fingerprint density at radius 1 is 1.35 bits per heavy atom. The van der Waals surface area contributed by atoms with Crippen LogP contribution in [0.2, 0.25) is 0 Å². The molecule has 1 aliphatic rings. The topological polar surface area (TPSA) is 52.0 Å². The lowest BCUT2D eigenvalue weighted by atomic mass is 9.83. The molecule has 1 fully saturated rings. The third kappa shape index (κ3) is 3.94. The van der Waals surface area contributed by atoms with Crippen molar-refractivity contribution in [3.05, 3.63) is 23.9 Å². The van der Waals surface area contributed by atoms with Gasteiger partial charge in [-0.15, -0.1) is 0 Å². The van der Waals surface area contributed by atoms with Crippen LogP contribution < -0.4 is 5.32 Å². The smallest absolute Gasteiger partial charge is 0.126 e. The summed E-state index contributed by atoms with van der Waals surface area (Å²) in [6.45, 7) is 0.913. The Hall–Kier alpha value is -1.60. The standard InChI is InChI=1S/C16H24N4/c1-20(2)15(14-6-4-3-5-7-14)12-19-16-9-8-13(10-17)11-18-16/h8-9,11,14-15H,3-7,12H2,1-2H3,(H,18,19). The van der Waals surface area contributed by atoms with Crippen LogP contribution in [0.25, 0.3) is 0 Å². The van der Waals surface area contributed by atoms with Gasteiger partial charge in [-0.2, -0.15) is 5.26 Å². The maximum Gasteiger partial charge on any atom is 0.126 e. The van der Waals surface area contributed by atoms with Gasteiger partial charge in [-0.25, -0.2) is 4.98 Å². The van der Waals surface area contributed by atoms with Crippen molar-refractivity contribution in [3.63, 3.8) is 0 Å². The van der Waals surface area contributed by atoms with Crippen molar-refractivity contribution >= 4 is 5.82 Å². The normalized spacial score (nSPS) is 17.7. The Balaban J connectivity index is 1.92. The second-order valence-corrected chi connectivity index (χ2v) is 5.85. The molecule has 1 unspecified atom stereocenters. The average molecular weight is 272 g/mol. The number of rotatable bonds is 5. The van der Waals surface area contributed by atoms with Gasteiger partial charge in [0.15, 0.2) is 0 Å². The summed E-state index contributed by atoms with van der Waals surface area (Å²) in [5, 5.41) is 12.2. The summed E-state index contributed by atoms with van der Waals surface area (Å²) in [6, 6.07) is 6.33. The zero-order valence-electron chi connectivity index (χ0n) is 12.5. The highest BCUT2D eigenvalue weighted by Gasteiger charge is 2.25. The number of hydrogen-bond acceptors (Lipinski definition) is 4. The first kappa shape index (κ1) is 14.8. The van der Waals surface area contributed by atoms with E-state index in [4.69, 9.17) is 5.26 Å². The Morgan fingerprint density at radius 3 is 2.65 bits per heavy atom. The Kier molecular flexibility index (Phi) is 5.37. The highest BCUT2D eigenvalue weighted by Crippen LogP contribution is 2.28. The van der Waals surface area contributed by atoms with Gasteiger partial charge in [-0.3, -0.25) is 0 Å². The molecular weight excluding hydrogens is 248 g/mol. The van der Waals surface area contributed by atoms with E-state index in [2.05, 4.69) is 35.4 Å². The van der Waals surface area contributed by atoms with Crippen molar-refractivity contribution in [2.75, 3.05) is 26.0 Å². The number of nitrogens with zero attached hydrogens (tertiary/aromatic N) is 3. The molecule has 0 aliphatic heterocycles. The third-order valence-corrected chi connectivity index (χ3v) is 4.24. The predicted molar refractivity (Wildman–Crippen MR) is 81.5 cm³/mol. The zero-order chi connectivity index (χ0) is 14.4. The van der Waals surface area contributed by atoms with Crippen LogP contribution >= 0.6 is 0 Å². The maximum absolute atomic E-state index is 8.77. The molecule has 0 spiro atoms. The monoisotopic (exact) mass is 272 g/mol. The van der Waals surface area contributed by atoms with E-state index in [9.17, 15) is 0 Å². The zero-order valence-corrected chi connectivity index (χ0v) is 12.5. The van der Waals surface area contributed by atoms with E-state index < -0.39 is 0 Å². The molecule has 0 saturated heterocycles. The molecule has 4 nitrogen and oxygen atoms in total. The molecule has 4 heteroatoms. The molecule has 1 N–H and O–H groups in total. The maximum atomic E-state index is 8.77. The van der Waals surface area contributed by atoms with Crippen molar-refractivity contribution in [1.29, 1.82) is 5.26 Å². The number of nitriles is 1. The summed E-state index contributed by atoms with van der Waals surface area (Å²) < 4.78 is 0. The van der Waals surface area contributed by atoms with E-state index in [1.54, 1.807) is 12.3 Å². The highest BCUT2D eigenvalue weighted by molar-refractivity contribution is 5.39. The largest absolute Gasteiger partial charge is 0.368 e. The predicted octanol–water partition coefficient (Wildman–Crippen LogP) is 2.88. The number of anilines is 1. The van der Waals surface area contributed by atoms with Crippen LogP contribution in [0.15, 0.2) is 18.3 Å². The average Bonchev–Trinajstić information content (AvgIpc) is 2.49. The van der Waals surface area contributed by atoms with Crippen LogP contribution in [-0.2, 0) is 0 Å². The molecule has 1 atom stereocenters. The van der Waals surface area contributed by atoms with Crippen LogP contribution in [0, 0.1) is 17.2 Å². The van der Waals surface area contributed by atoms with Crippen molar-refractivity contribution in [1.82, 2.24) is 9.88 Å². The number of aromatic nitrogens is 1. The molecule has 1 aliphatic carbocycles. The first-order valence-electron chi connectivity index (χ1n) is 7.47. The third-order valence-electron chi connectivity index (χ3n) is 4.24. The van der Waals surface area contributed by atoms with Crippen LogP contribution in [-0.4, -0.2) is 36.6 Å². The van der Waals surface area contributed by atoms with E-state index in [0.29, 0.717) is 11.6 Å². The van der Waals surface area contributed by atoms with E-state index in [1.807, 2.05) is 6.07 Å². The summed E-state index contributed by atoms with van der Waals surface area (Å²) in [5.74, 6) is 1.64. The second-order valence-electron chi connectivity index (χ2n) is 5.85. The molecule has 20 heavy (non-hydrogen) atoms. The number of likely N-dealkylation sites (N-methyl/N-ethyl adjacent to an activating group) is 1. The second kappa shape index (κ2) is 7.25. The first-order valence-corrected chi connectivity index (χ1v) is 7.47. The molecule has 108 valence electrons. The molecular formula is C16H24N4. The molecule has 0 radical (unpaired) electrons. The molecule has 0 aromatic carbocycles. The lowest BCUT2D eigenvalue weighted by Crippen LogP contribution is -2.41. The molecule has 0 amide bonds. The minimum absolute atomic E-state index is 0.549. The van der Waals surface area contributed by atoms with Crippen molar-refractivity contribution in [2.24, 2.45) is 5.92 Å². The molecule has 1 saturated carbocycles. The summed E-state index contributed by atoms with van der Waals surface area (Å²) in [5.41, 5.74) is 0.604. The summed E-state index contributed by atoms with van der Waals surface area (Å²) in [7, 11) is 4.32. The van der Waals surface area contributed by atoms with Crippen molar-refractivity contribution in [3.8, 4) is 6.07 Å². The molecule has 0 bridgehead atoms. The fourth-order valence-electron chi connectivity index (χ4n) is 3.06. The van der Waals surface area contributed by atoms with Crippen LogP contribution in [0.5, 0.6) is 0 Å². The SMILES string of the molecule is CN(C)C(CNc1ccc(C#N)cn1)C1CCCCC1. The highest BCUT2D eigenvalue weighted by atomic mass is 15.1. The summed E-state index contributed by atoms with van der Waals surface area (Å²) in [6.07, 6.45) is 8.42. The minimum atomic E-state index is 0.549. The van der Waals surface area contributed by atoms with Crippen molar-refractivity contribution in [2.45, 2.75) is 38.1 Å². The quantitative estimate of drug-likeness (QED) is 0.895. The van der Waals surface area contributed by atoms with Gasteiger partial charge in [-0.1, -0.05) is 19.3 Å². The number of nitrogens with one attached hydrogen (secondary N) is 1. The van der Waals surface area contributed by atoms with E-state index >= 15 is 0 Å². The summed E-state index contributed by atoms with van der Waals surface area (Å²) >= 11 is 0. The molecule has 1 heterocycles. The molecule has 1 aromatic heterocycles. The lowest BCUT2D eigenvalue weighted by Gasteiger charge is -2.35. The summed E-state index contributed by atoms with van der Waals surface area (Å²) in [4.78, 5) is 6.60. The number of hydrogen-bond donors (Lipinski definition) is 1. The van der Waals surface area contributed by atoms with Gasteiger partial charge in [0.25, 0.3) is 0 Å². The van der Waals surface area contributed by atoms with Gasteiger partial charge >= 0.3 is 0 Å². The van der Waals surface area contributed by atoms with Crippen LogP contribution in [0.4, 0.5) is 5.82 Å². The van der Waals surface area contributed by atoms with Gasteiger partial charge in [0.05, 0.1) is 5.56 Å². The van der Waals surface area contributed by atoms with Gasteiger partial charge in [0.1, 0.15) is 11.9 Å². The first-order chi connectivity index (χ1) is 9.70. The lowest BCUT2D eigenvalue weighted by molar-refractivity contribution is 0.179.